The molecule has 0 aliphatic heterocycles. The molecule has 0 unspecified atom stereocenters. The first-order valence-electron chi connectivity index (χ1n) is 9.38. The molecule has 7 heteroatoms. The lowest BCUT2D eigenvalue weighted by Gasteiger charge is -2.04. The van der Waals surface area contributed by atoms with E-state index in [0.717, 1.165) is 27.2 Å². The van der Waals surface area contributed by atoms with Gasteiger partial charge in [0.25, 0.3) is 5.91 Å². The summed E-state index contributed by atoms with van der Waals surface area (Å²) in [6.07, 6.45) is 3.71. The van der Waals surface area contributed by atoms with Gasteiger partial charge in [-0.1, -0.05) is 36.4 Å². The molecule has 0 atom stereocenters. The van der Waals surface area contributed by atoms with Crippen LogP contribution in [0.5, 0.6) is 5.75 Å². The Morgan fingerprint density at radius 1 is 1.27 bits per heavy atom. The van der Waals surface area contributed by atoms with Crippen LogP contribution in [0.25, 0.3) is 15.9 Å². The van der Waals surface area contributed by atoms with Gasteiger partial charge in [0.1, 0.15) is 10.6 Å². The number of fused-ring (bicyclic) bond motifs is 1. The van der Waals surface area contributed by atoms with E-state index >= 15 is 0 Å². The van der Waals surface area contributed by atoms with Gasteiger partial charge in [0.15, 0.2) is 0 Å². The molecule has 2 aromatic carbocycles. The number of para-hydroxylation sites is 2. The number of benzene rings is 2. The van der Waals surface area contributed by atoms with Crippen LogP contribution in [-0.4, -0.2) is 27.0 Å². The molecule has 2 aromatic heterocycles. The van der Waals surface area contributed by atoms with Crippen LogP contribution < -0.4 is 5.43 Å². The summed E-state index contributed by atoms with van der Waals surface area (Å²) in [7, 11) is 0. The van der Waals surface area contributed by atoms with Crippen molar-refractivity contribution in [3.05, 3.63) is 89.0 Å². The molecule has 0 fully saturated rings. The average Bonchev–Trinajstić information content (AvgIpc) is 3.32. The van der Waals surface area contributed by atoms with Gasteiger partial charge in [-0.2, -0.15) is 10.2 Å². The first-order valence-corrected chi connectivity index (χ1v) is 10.2. The zero-order valence-electron chi connectivity index (χ0n) is 16.4. The molecule has 0 saturated heterocycles. The minimum atomic E-state index is -0.312. The Labute approximate surface area is 177 Å². The zero-order chi connectivity index (χ0) is 21.1. The molecule has 0 aliphatic rings. The number of nitrogens with one attached hydrogen (secondary N) is 1. The fourth-order valence-electron chi connectivity index (χ4n) is 3.15. The van der Waals surface area contributed by atoms with Crippen molar-refractivity contribution in [2.45, 2.75) is 13.3 Å². The number of aromatic nitrogens is 2. The lowest BCUT2D eigenvalue weighted by Crippen LogP contribution is -2.16. The van der Waals surface area contributed by atoms with E-state index in [0.29, 0.717) is 16.9 Å². The largest absolute Gasteiger partial charge is 0.507 e. The third kappa shape index (κ3) is 3.75. The first-order chi connectivity index (χ1) is 14.6. The number of thiophene rings is 1. The predicted molar refractivity (Wildman–Crippen MR) is 121 cm³/mol. The van der Waals surface area contributed by atoms with Crippen molar-refractivity contribution in [1.29, 1.82) is 0 Å². The highest BCUT2D eigenvalue weighted by Crippen LogP contribution is 2.30. The van der Waals surface area contributed by atoms with E-state index in [-0.39, 0.29) is 11.7 Å². The Bertz CT molecular complexity index is 1260. The fourth-order valence-corrected chi connectivity index (χ4v) is 4.23. The van der Waals surface area contributed by atoms with Gasteiger partial charge >= 0.3 is 0 Å². The molecule has 6 nitrogen and oxygen atoms in total. The number of hydrogen-bond acceptors (Lipinski definition) is 5. The molecule has 2 heterocycles. The molecule has 0 saturated carbocycles. The number of nitrogens with zero attached hydrogens (tertiary/aromatic N) is 3. The summed E-state index contributed by atoms with van der Waals surface area (Å²) in [6.45, 7) is 5.61. The SMILES string of the molecule is C=CCc1cccc(C=NNC(=O)c2cc3c(C)nn(-c4ccccc4)c3s2)c1O. The number of hydrogen-bond donors (Lipinski definition) is 2. The Morgan fingerprint density at radius 2 is 2.07 bits per heavy atom. The van der Waals surface area contributed by atoms with Gasteiger partial charge in [-0.25, -0.2) is 10.1 Å². The fraction of sp³-hybridized carbons (Fsp3) is 0.0870. The van der Waals surface area contributed by atoms with Crippen molar-refractivity contribution in [2.24, 2.45) is 5.10 Å². The Morgan fingerprint density at radius 3 is 2.83 bits per heavy atom. The summed E-state index contributed by atoms with van der Waals surface area (Å²) in [4.78, 5) is 14.0. The highest BCUT2D eigenvalue weighted by molar-refractivity contribution is 7.20. The number of phenolic OH excluding ortho intramolecular Hbond substituents is 1. The molecular weight excluding hydrogens is 396 g/mol. The van der Waals surface area contributed by atoms with E-state index in [1.54, 1.807) is 12.1 Å². The molecule has 0 radical (unpaired) electrons. The zero-order valence-corrected chi connectivity index (χ0v) is 17.2. The van der Waals surface area contributed by atoms with Gasteiger partial charge in [-0.15, -0.1) is 17.9 Å². The number of allylic oxidation sites excluding steroid dienone is 1. The highest BCUT2D eigenvalue weighted by Gasteiger charge is 2.17. The van der Waals surface area contributed by atoms with E-state index in [9.17, 15) is 9.90 Å². The molecule has 150 valence electrons. The second kappa shape index (κ2) is 8.34. The topological polar surface area (TPSA) is 79.5 Å². The smallest absolute Gasteiger partial charge is 0.281 e. The van der Waals surface area contributed by atoms with E-state index in [2.05, 4.69) is 22.2 Å². The maximum absolute atomic E-state index is 12.6. The van der Waals surface area contributed by atoms with Crippen LogP contribution in [0.3, 0.4) is 0 Å². The predicted octanol–water partition coefficient (Wildman–Crippen LogP) is 4.59. The molecule has 30 heavy (non-hydrogen) atoms. The number of aromatic hydroxyl groups is 1. The molecule has 2 N–H and O–H groups in total. The third-order valence-corrected chi connectivity index (χ3v) is 5.76. The molecule has 0 spiro atoms. The van der Waals surface area contributed by atoms with Crippen molar-refractivity contribution < 1.29 is 9.90 Å². The maximum atomic E-state index is 12.6. The quantitative estimate of drug-likeness (QED) is 0.274. The average molecular weight is 417 g/mol. The molecular formula is C23H20N4O2S. The lowest BCUT2D eigenvalue weighted by molar-refractivity contribution is 0.0959. The molecule has 1 amide bonds. The minimum absolute atomic E-state index is 0.135. The van der Waals surface area contributed by atoms with Gasteiger partial charge in [-0.05, 0) is 43.2 Å². The van der Waals surface area contributed by atoms with Crippen LogP contribution >= 0.6 is 11.3 Å². The van der Waals surface area contributed by atoms with Crippen LogP contribution in [0.2, 0.25) is 0 Å². The Hall–Kier alpha value is -3.71. The molecule has 4 rings (SSSR count). The van der Waals surface area contributed by atoms with Gasteiger partial charge in [-0.3, -0.25) is 4.79 Å². The molecule has 0 aliphatic carbocycles. The van der Waals surface area contributed by atoms with Crippen LogP contribution in [-0.2, 0) is 6.42 Å². The lowest BCUT2D eigenvalue weighted by atomic mass is 10.1. The van der Waals surface area contributed by atoms with E-state index in [4.69, 9.17) is 0 Å². The Balaban J connectivity index is 1.55. The van der Waals surface area contributed by atoms with Gasteiger partial charge in [0.05, 0.1) is 22.5 Å². The number of phenols is 1. The van der Waals surface area contributed by atoms with Crippen molar-refractivity contribution in [1.82, 2.24) is 15.2 Å². The summed E-state index contributed by atoms with van der Waals surface area (Å²) in [5.41, 5.74) is 5.62. The van der Waals surface area contributed by atoms with Gasteiger partial charge in [0.2, 0.25) is 0 Å². The number of rotatable bonds is 6. The van der Waals surface area contributed by atoms with E-state index in [1.165, 1.54) is 17.6 Å². The van der Waals surface area contributed by atoms with E-state index < -0.39 is 0 Å². The van der Waals surface area contributed by atoms with Gasteiger partial charge < -0.3 is 5.11 Å². The summed E-state index contributed by atoms with van der Waals surface area (Å²) in [6, 6.07) is 17.0. The van der Waals surface area contributed by atoms with Crippen LogP contribution in [0.4, 0.5) is 0 Å². The normalized spacial score (nSPS) is 11.2. The first kappa shape index (κ1) is 19.6. The molecule has 0 bridgehead atoms. The second-order valence-corrected chi connectivity index (χ2v) is 7.74. The van der Waals surface area contributed by atoms with Crippen molar-refractivity contribution in [2.75, 3.05) is 0 Å². The second-order valence-electron chi connectivity index (χ2n) is 6.71. The van der Waals surface area contributed by atoms with Crippen molar-refractivity contribution in [3.63, 3.8) is 0 Å². The monoisotopic (exact) mass is 416 g/mol. The summed E-state index contributed by atoms with van der Waals surface area (Å²) >= 11 is 1.36. The number of amides is 1. The van der Waals surface area contributed by atoms with Crippen LogP contribution in [0, 0.1) is 6.92 Å². The van der Waals surface area contributed by atoms with Gasteiger partial charge in [0, 0.05) is 10.9 Å². The van der Waals surface area contributed by atoms with Crippen molar-refractivity contribution in [3.8, 4) is 11.4 Å². The number of carbonyl (C=O) groups excluding carboxylic acids is 1. The van der Waals surface area contributed by atoms with Crippen LogP contribution in [0.15, 0.2) is 72.4 Å². The molecule has 4 aromatic rings. The number of aryl methyl sites for hydroxylation is 1. The highest BCUT2D eigenvalue weighted by atomic mass is 32.1. The number of carbonyl (C=O) groups is 1. The van der Waals surface area contributed by atoms with Crippen molar-refractivity contribution >= 4 is 33.7 Å². The summed E-state index contributed by atoms with van der Waals surface area (Å²) in [5.74, 6) is -0.177. The summed E-state index contributed by atoms with van der Waals surface area (Å²) in [5, 5.41) is 19.8. The van der Waals surface area contributed by atoms with E-state index in [1.807, 2.05) is 60.1 Å². The minimum Gasteiger partial charge on any atom is -0.507 e. The third-order valence-electron chi connectivity index (χ3n) is 4.65. The maximum Gasteiger partial charge on any atom is 0.281 e. The van der Waals surface area contributed by atoms with Crippen LogP contribution in [0.1, 0.15) is 26.5 Å². The standard InChI is InChI=1S/C23H20N4O2S/c1-3-8-16-9-7-10-17(21(16)28)14-24-25-22(29)20-13-19-15(2)26-27(23(19)30-20)18-11-5-4-6-12-18/h3-7,9-14,28H,1,8H2,2H3,(H,25,29). The Kier molecular flexibility index (Phi) is 5.45. The number of hydrazone groups is 1. The summed E-state index contributed by atoms with van der Waals surface area (Å²) < 4.78 is 1.85.